The molecule has 0 aromatic heterocycles. The monoisotopic (exact) mass is 263 g/mol. The Labute approximate surface area is 116 Å². The first kappa shape index (κ1) is 14.2. The Hall–Kier alpha value is -1.22. The van der Waals surface area contributed by atoms with Crippen LogP contribution >= 0.6 is 0 Å². The molecule has 3 heteroatoms. The van der Waals surface area contributed by atoms with E-state index in [0.717, 1.165) is 44.1 Å². The van der Waals surface area contributed by atoms with Gasteiger partial charge in [0.1, 0.15) is 0 Å². The van der Waals surface area contributed by atoms with E-state index in [4.69, 9.17) is 9.47 Å². The number of ether oxygens (including phenoxy) is 2. The van der Waals surface area contributed by atoms with Crippen molar-refractivity contribution in [1.82, 2.24) is 5.32 Å². The number of benzene rings is 1. The summed E-state index contributed by atoms with van der Waals surface area (Å²) < 4.78 is 11.5. The Bertz CT molecular complexity index is 404. The third-order valence-corrected chi connectivity index (χ3v) is 3.71. The van der Waals surface area contributed by atoms with Gasteiger partial charge in [0, 0.05) is 6.42 Å². The first-order chi connectivity index (χ1) is 9.22. The smallest absolute Gasteiger partial charge is 0.161 e. The molecule has 1 unspecified atom stereocenters. The van der Waals surface area contributed by atoms with E-state index in [1.54, 1.807) is 0 Å². The molecule has 1 aromatic rings. The molecule has 0 aliphatic carbocycles. The van der Waals surface area contributed by atoms with Gasteiger partial charge in [0.15, 0.2) is 11.5 Å². The highest BCUT2D eigenvalue weighted by Gasteiger charge is 2.18. The van der Waals surface area contributed by atoms with Crippen LogP contribution in [0.3, 0.4) is 0 Å². The lowest BCUT2D eigenvalue weighted by Gasteiger charge is -2.22. The van der Waals surface area contributed by atoms with Gasteiger partial charge in [0.05, 0.1) is 13.2 Å². The molecule has 0 saturated carbocycles. The fourth-order valence-corrected chi connectivity index (χ4v) is 2.60. The quantitative estimate of drug-likeness (QED) is 0.885. The molecule has 1 atom stereocenters. The highest BCUT2D eigenvalue weighted by Crippen LogP contribution is 2.36. The second-order valence-electron chi connectivity index (χ2n) is 5.50. The first-order valence-corrected chi connectivity index (χ1v) is 7.26. The maximum absolute atomic E-state index is 5.78. The third-order valence-electron chi connectivity index (χ3n) is 3.71. The number of fused-ring (bicyclic) bond motifs is 1. The zero-order chi connectivity index (χ0) is 13.7. The van der Waals surface area contributed by atoms with Crippen LogP contribution in [0.1, 0.15) is 38.2 Å². The number of hydrogen-bond donors (Lipinski definition) is 1. The molecule has 2 rings (SSSR count). The summed E-state index contributed by atoms with van der Waals surface area (Å²) in [5.41, 5.74) is 1.36. The van der Waals surface area contributed by atoms with Crippen molar-refractivity contribution in [2.45, 2.75) is 32.6 Å². The summed E-state index contributed by atoms with van der Waals surface area (Å²) in [5.74, 6) is 2.98. The lowest BCUT2D eigenvalue weighted by atomic mass is 9.85. The van der Waals surface area contributed by atoms with Crippen LogP contribution in [-0.2, 0) is 0 Å². The maximum Gasteiger partial charge on any atom is 0.161 e. The van der Waals surface area contributed by atoms with Gasteiger partial charge in [-0.25, -0.2) is 0 Å². The molecule has 1 aliphatic heterocycles. The van der Waals surface area contributed by atoms with Gasteiger partial charge >= 0.3 is 0 Å². The van der Waals surface area contributed by atoms with E-state index in [0.29, 0.717) is 11.8 Å². The van der Waals surface area contributed by atoms with Crippen molar-refractivity contribution in [3.05, 3.63) is 23.8 Å². The molecular weight excluding hydrogens is 238 g/mol. The van der Waals surface area contributed by atoms with Gasteiger partial charge in [-0.05, 0) is 49.5 Å². The highest BCUT2D eigenvalue weighted by molar-refractivity contribution is 5.44. The summed E-state index contributed by atoms with van der Waals surface area (Å²) >= 11 is 0. The van der Waals surface area contributed by atoms with Crippen molar-refractivity contribution in [2.24, 2.45) is 5.92 Å². The summed E-state index contributed by atoms with van der Waals surface area (Å²) in [5, 5.41) is 3.24. The predicted octanol–water partition coefficient (Wildman–Crippen LogP) is 3.20. The van der Waals surface area contributed by atoms with Crippen LogP contribution in [0.2, 0.25) is 0 Å². The first-order valence-electron chi connectivity index (χ1n) is 7.26. The van der Waals surface area contributed by atoms with Crippen LogP contribution in [0.5, 0.6) is 11.5 Å². The SMILES string of the molecule is CNCCC(c1ccc2c(c1)OCCCO2)C(C)C. The molecule has 1 aliphatic rings. The Balaban J connectivity index is 2.20. The zero-order valence-electron chi connectivity index (χ0n) is 12.2. The van der Waals surface area contributed by atoms with Crippen LogP contribution in [0, 0.1) is 5.92 Å². The van der Waals surface area contributed by atoms with E-state index in [2.05, 4.69) is 37.4 Å². The minimum Gasteiger partial charge on any atom is -0.490 e. The van der Waals surface area contributed by atoms with Crippen molar-refractivity contribution in [1.29, 1.82) is 0 Å². The molecule has 3 nitrogen and oxygen atoms in total. The third kappa shape index (κ3) is 3.63. The van der Waals surface area contributed by atoms with Crippen molar-refractivity contribution >= 4 is 0 Å². The Morgan fingerprint density at radius 3 is 2.58 bits per heavy atom. The van der Waals surface area contributed by atoms with Gasteiger partial charge in [-0.15, -0.1) is 0 Å². The average Bonchev–Trinajstić information content (AvgIpc) is 2.63. The lowest BCUT2D eigenvalue weighted by Crippen LogP contribution is -2.15. The molecular formula is C16H25NO2. The lowest BCUT2D eigenvalue weighted by molar-refractivity contribution is 0.297. The van der Waals surface area contributed by atoms with Gasteiger partial charge in [0.2, 0.25) is 0 Å². The van der Waals surface area contributed by atoms with E-state index in [9.17, 15) is 0 Å². The topological polar surface area (TPSA) is 30.5 Å². The fourth-order valence-electron chi connectivity index (χ4n) is 2.60. The van der Waals surface area contributed by atoms with Crippen LogP contribution in [-0.4, -0.2) is 26.8 Å². The molecule has 19 heavy (non-hydrogen) atoms. The van der Waals surface area contributed by atoms with E-state index >= 15 is 0 Å². The van der Waals surface area contributed by atoms with Crippen molar-refractivity contribution in [3.8, 4) is 11.5 Å². The molecule has 106 valence electrons. The molecule has 0 spiro atoms. The van der Waals surface area contributed by atoms with Crippen LogP contribution in [0.15, 0.2) is 18.2 Å². The molecule has 1 N–H and O–H groups in total. The molecule has 1 aromatic carbocycles. The predicted molar refractivity (Wildman–Crippen MR) is 78.2 cm³/mol. The standard InChI is InChI=1S/C16H25NO2/c1-12(2)14(7-8-17-3)13-5-6-15-16(11-13)19-10-4-9-18-15/h5-6,11-12,14,17H,4,7-10H2,1-3H3. The normalized spacial score (nSPS) is 16.2. The summed E-state index contributed by atoms with van der Waals surface area (Å²) in [7, 11) is 2.01. The van der Waals surface area contributed by atoms with Crippen molar-refractivity contribution in [2.75, 3.05) is 26.8 Å². The van der Waals surface area contributed by atoms with Gasteiger partial charge < -0.3 is 14.8 Å². The summed E-state index contributed by atoms with van der Waals surface area (Å²) in [6, 6.07) is 6.42. The van der Waals surface area contributed by atoms with Crippen LogP contribution in [0.4, 0.5) is 0 Å². The second kappa shape index (κ2) is 6.80. The van der Waals surface area contributed by atoms with E-state index in [1.807, 2.05) is 7.05 Å². The van der Waals surface area contributed by atoms with E-state index in [1.165, 1.54) is 5.56 Å². The zero-order valence-corrected chi connectivity index (χ0v) is 12.2. The largest absolute Gasteiger partial charge is 0.490 e. The molecule has 0 saturated heterocycles. The Morgan fingerprint density at radius 2 is 1.89 bits per heavy atom. The van der Waals surface area contributed by atoms with Crippen molar-refractivity contribution < 1.29 is 9.47 Å². The summed E-state index contributed by atoms with van der Waals surface area (Å²) in [6.07, 6.45) is 2.10. The number of hydrogen-bond acceptors (Lipinski definition) is 3. The van der Waals surface area contributed by atoms with Gasteiger partial charge in [-0.2, -0.15) is 0 Å². The maximum atomic E-state index is 5.78. The fraction of sp³-hybridized carbons (Fsp3) is 0.625. The second-order valence-corrected chi connectivity index (χ2v) is 5.50. The van der Waals surface area contributed by atoms with Crippen molar-refractivity contribution in [3.63, 3.8) is 0 Å². The minimum atomic E-state index is 0.560. The summed E-state index contributed by atoms with van der Waals surface area (Å²) in [4.78, 5) is 0. The number of nitrogens with one attached hydrogen (secondary N) is 1. The highest BCUT2D eigenvalue weighted by atomic mass is 16.5. The average molecular weight is 263 g/mol. The Morgan fingerprint density at radius 1 is 1.16 bits per heavy atom. The summed E-state index contributed by atoms with van der Waals surface area (Å²) in [6.45, 7) is 7.10. The van der Waals surface area contributed by atoms with Gasteiger partial charge in [0.25, 0.3) is 0 Å². The Kier molecular flexibility index (Phi) is 5.08. The van der Waals surface area contributed by atoms with Crippen LogP contribution < -0.4 is 14.8 Å². The van der Waals surface area contributed by atoms with Gasteiger partial charge in [-0.3, -0.25) is 0 Å². The molecule has 0 amide bonds. The molecule has 1 heterocycles. The number of rotatable bonds is 5. The van der Waals surface area contributed by atoms with Crippen LogP contribution in [0.25, 0.3) is 0 Å². The van der Waals surface area contributed by atoms with Gasteiger partial charge in [-0.1, -0.05) is 19.9 Å². The molecule has 0 bridgehead atoms. The minimum absolute atomic E-state index is 0.560. The molecule has 0 radical (unpaired) electrons. The molecule has 0 fully saturated rings. The van der Waals surface area contributed by atoms with E-state index < -0.39 is 0 Å². The van der Waals surface area contributed by atoms with E-state index in [-0.39, 0.29) is 0 Å².